The number of alkyl halides is 1. The lowest BCUT2D eigenvalue weighted by molar-refractivity contribution is 0.306. The van der Waals surface area contributed by atoms with Crippen molar-refractivity contribution in [3.8, 4) is 5.75 Å². The van der Waals surface area contributed by atoms with E-state index in [9.17, 15) is 0 Å². The number of rotatable bonds is 4. The van der Waals surface area contributed by atoms with Gasteiger partial charge in [0.15, 0.2) is 0 Å². The van der Waals surface area contributed by atoms with Crippen molar-refractivity contribution in [1.82, 2.24) is 0 Å². The van der Waals surface area contributed by atoms with Crippen LogP contribution in [0.3, 0.4) is 0 Å². The summed E-state index contributed by atoms with van der Waals surface area (Å²) in [5.41, 5.74) is 3.82. The van der Waals surface area contributed by atoms with E-state index in [1.165, 1.54) is 11.1 Å². The van der Waals surface area contributed by atoms with E-state index in [-0.39, 0.29) is 5.41 Å². The summed E-state index contributed by atoms with van der Waals surface area (Å²) in [6, 6.07) is 16.5. The van der Waals surface area contributed by atoms with Gasteiger partial charge in [-0.3, -0.25) is 0 Å². The van der Waals surface area contributed by atoms with Crippen LogP contribution in [0, 0.1) is 0 Å². The molecular weight excluding hydrogens is 268 g/mol. The molecule has 0 saturated carbocycles. The van der Waals surface area contributed by atoms with Crippen LogP contribution in [-0.2, 0) is 17.9 Å². The molecule has 0 heterocycles. The lowest BCUT2D eigenvalue weighted by Gasteiger charge is -2.19. The Bertz CT molecular complexity index is 535. The third-order valence-electron chi connectivity index (χ3n) is 3.30. The number of hydrogen-bond acceptors (Lipinski definition) is 1. The Balaban J connectivity index is 1.96. The second-order valence-corrected chi connectivity index (χ2v) is 6.28. The van der Waals surface area contributed by atoms with E-state index in [2.05, 4.69) is 45.0 Å². The summed E-state index contributed by atoms with van der Waals surface area (Å²) in [4.78, 5) is 0. The van der Waals surface area contributed by atoms with Gasteiger partial charge in [0.1, 0.15) is 12.4 Å². The van der Waals surface area contributed by atoms with E-state index >= 15 is 0 Å². The molecule has 0 unspecified atom stereocenters. The number of benzene rings is 2. The van der Waals surface area contributed by atoms with Gasteiger partial charge in [-0.2, -0.15) is 0 Å². The molecule has 0 saturated heterocycles. The molecule has 2 aromatic rings. The number of ether oxygens (including phenoxy) is 1. The second-order valence-electron chi connectivity index (χ2n) is 6.01. The normalized spacial score (nSPS) is 11.4. The average Bonchev–Trinajstić information content (AvgIpc) is 2.45. The van der Waals surface area contributed by atoms with E-state index in [1.807, 2.05) is 24.3 Å². The quantitative estimate of drug-likeness (QED) is 0.694. The van der Waals surface area contributed by atoms with Gasteiger partial charge in [-0.05, 0) is 34.2 Å². The molecule has 0 fully saturated rings. The maximum atomic E-state index is 5.77. The van der Waals surface area contributed by atoms with Gasteiger partial charge in [-0.1, -0.05) is 57.2 Å². The minimum absolute atomic E-state index is 0.191. The molecule has 0 aliphatic heterocycles. The standard InChI is InChI=1S/C18H21ClO/c1-18(2,3)16-8-4-15(5-9-16)13-20-17-10-6-14(12-19)7-11-17/h4-11H,12-13H2,1-3H3. The molecule has 1 nitrogen and oxygen atoms in total. The SMILES string of the molecule is CC(C)(C)c1ccc(COc2ccc(CCl)cc2)cc1. The smallest absolute Gasteiger partial charge is 0.119 e. The van der Waals surface area contributed by atoms with Crippen LogP contribution in [0.25, 0.3) is 0 Å². The van der Waals surface area contributed by atoms with Crippen LogP contribution in [-0.4, -0.2) is 0 Å². The molecule has 0 radical (unpaired) electrons. The molecule has 0 aliphatic rings. The van der Waals surface area contributed by atoms with E-state index in [0.29, 0.717) is 12.5 Å². The van der Waals surface area contributed by atoms with Crippen LogP contribution in [0.4, 0.5) is 0 Å². The summed E-state index contributed by atoms with van der Waals surface area (Å²) in [5, 5.41) is 0. The van der Waals surface area contributed by atoms with Crippen LogP contribution in [0.1, 0.15) is 37.5 Å². The molecule has 20 heavy (non-hydrogen) atoms. The zero-order valence-corrected chi connectivity index (χ0v) is 13.1. The van der Waals surface area contributed by atoms with Crippen molar-refractivity contribution in [1.29, 1.82) is 0 Å². The summed E-state index contributed by atoms with van der Waals surface area (Å²) in [6.45, 7) is 7.25. The van der Waals surface area contributed by atoms with Gasteiger partial charge in [0, 0.05) is 5.88 Å². The highest BCUT2D eigenvalue weighted by Gasteiger charge is 2.12. The van der Waals surface area contributed by atoms with Gasteiger partial charge in [0.2, 0.25) is 0 Å². The largest absolute Gasteiger partial charge is 0.489 e. The first-order chi connectivity index (χ1) is 9.49. The predicted molar refractivity (Wildman–Crippen MR) is 85.5 cm³/mol. The van der Waals surface area contributed by atoms with E-state index < -0.39 is 0 Å². The molecule has 2 rings (SSSR count). The molecule has 0 N–H and O–H groups in total. The van der Waals surface area contributed by atoms with Gasteiger partial charge in [0.25, 0.3) is 0 Å². The van der Waals surface area contributed by atoms with Crippen molar-refractivity contribution in [3.05, 3.63) is 65.2 Å². The lowest BCUT2D eigenvalue weighted by Crippen LogP contribution is -2.10. The van der Waals surface area contributed by atoms with Crippen molar-refractivity contribution < 1.29 is 4.74 Å². The van der Waals surface area contributed by atoms with Crippen LogP contribution in [0.2, 0.25) is 0 Å². The molecule has 106 valence electrons. The van der Waals surface area contributed by atoms with Crippen LogP contribution < -0.4 is 4.74 Å². The van der Waals surface area contributed by atoms with Gasteiger partial charge in [-0.15, -0.1) is 11.6 Å². The Morgan fingerprint density at radius 2 is 1.40 bits per heavy atom. The molecule has 0 atom stereocenters. The fraction of sp³-hybridized carbons (Fsp3) is 0.333. The average molecular weight is 289 g/mol. The summed E-state index contributed by atoms with van der Waals surface area (Å²) in [6.07, 6.45) is 0. The number of halogens is 1. The van der Waals surface area contributed by atoms with Crippen molar-refractivity contribution in [3.63, 3.8) is 0 Å². The second kappa shape index (κ2) is 6.32. The van der Waals surface area contributed by atoms with Crippen LogP contribution >= 0.6 is 11.6 Å². The van der Waals surface area contributed by atoms with Gasteiger partial charge < -0.3 is 4.74 Å². The Hall–Kier alpha value is -1.47. The molecule has 2 aromatic carbocycles. The highest BCUT2D eigenvalue weighted by atomic mass is 35.5. The third-order valence-corrected chi connectivity index (χ3v) is 3.61. The first kappa shape index (κ1) is 14.9. The maximum Gasteiger partial charge on any atom is 0.119 e. The molecular formula is C18H21ClO. The molecule has 2 heteroatoms. The highest BCUT2D eigenvalue weighted by Crippen LogP contribution is 2.22. The minimum atomic E-state index is 0.191. The summed E-state index contributed by atoms with van der Waals surface area (Å²) >= 11 is 5.76. The Morgan fingerprint density at radius 3 is 1.90 bits per heavy atom. The monoisotopic (exact) mass is 288 g/mol. The fourth-order valence-corrected chi connectivity index (χ4v) is 2.12. The van der Waals surface area contributed by atoms with E-state index in [4.69, 9.17) is 16.3 Å². The molecule has 0 aliphatic carbocycles. The summed E-state index contributed by atoms with van der Waals surface area (Å²) in [5.74, 6) is 1.41. The Labute approximate surface area is 126 Å². The zero-order chi connectivity index (χ0) is 14.6. The molecule has 0 spiro atoms. The first-order valence-corrected chi connectivity index (χ1v) is 7.39. The Morgan fingerprint density at radius 1 is 0.850 bits per heavy atom. The van der Waals surface area contributed by atoms with Crippen LogP contribution in [0.15, 0.2) is 48.5 Å². The van der Waals surface area contributed by atoms with Crippen molar-refractivity contribution >= 4 is 11.6 Å². The lowest BCUT2D eigenvalue weighted by atomic mass is 9.87. The van der Waals surface area contributed by atoms with Crippen molar-refractivity contribution in [2.75, 3.05) is 0 Å². The minimum Gasteiger partial charge on any atom is -0.489 e. The summed E-state index contributed by atoms with van der Waals surface area (Å²) in [7, 11) is 0. The third kappa shape index (κ3) is 4.01. The first-order valence-electron chi connectivity index (χ1n) is 6.86. The van der Waals surface area contributed by atoms with E-state index in [0.717, 1.165) is 11.3 Å². The molecule has 0 amide bonds. The Kier molecular flexibility index (Phi) is 4.72. The van der Waals surface area contributed by atoms with Crippen LogP contribution in [0.5, 0.6) is 5.75 Å². The highest BCUT2D eigenvalue weighted by molar-refractivity contribution is 6.17. The fourth-order valence-electron chi connectivity index (χ4n) is 1.94. The van der Waals surface area contributed by atoms with Gasteiger partial charge >= 0.3 is 0 Å². The number of hydrogen-bond donors (Lipinski definition) is 0. The molecule has 0 aromatic heterocycles. The topological polar surface area (TPSA) is 9.23 Å². The summed E-state index contributed by atoms with van der Waals surface area (Å²) < 4.78 is 5.77. The molecule has 0 bridgehead atoms. The zero-order valence-electron chi connectivity index (χ0n) is 12.3. The van der Waals surface area contributed by atoms with Gasteiger partial charge in [0.05, 0.1) is 0 Å². The van der Waals surface area contributed by atoms with Crippen molar-refractivity contribution in [2.45, 2.75) is 38.7 Å². The maximum absolute atomic E-state index is 5.77. The van der Waals surface area contributed by atoms with Gasteiger partial charge in [-0.25, -0.2) is 0 Å². The predicted octanol–water partition coefficient (Wildman–Crippen LogP) is 5.30. The van der Waals surface area contributed by atoms with E-state index in [1.54, 1.807) is 0 Å². The van der Waals surface area contributed by atoms with Crippen molar-refractivity contribution in [2.24, 2.45) is 0 Å².